The molecule has 5 heteroatoms. The summed E-state index contributed by atoms with van der Waals surface area (Å²) in [5.74, 6) is 0.929. The van der Waals surface area contributed by atoms with E-state index in [0.717, 1.165) is 42.2 Å². The van der Waals surface area contributed by atoms with Gasteiger partial charge in [-0.05, 0) is 30.5 Å². The molecule has 106 valence electrons. The van der Waals surface area contributed by atoms with Gasteiger partial charge in [-0.25, -0.2) is 0 Å². The molecular formula is C15H17ClN2O2. The van der Waals surface area contributed by atoms with Crippen molar-refractivity contribution in [2.45, 2.75) is 38.5 Å². The van der Waals surface area contributed by atoms with E-state index in [1.807, 2.05) is 24.3 Å². The molecule has 1 unspecified atom stereocenters. The van der Waals surface area contributed by atoms with Crippen LogP contribution in [0, 0.1) is 0 Å². The first-order valence-electron chi connectivity index (χ1n) is 6.81. The Bertz CT molecular complexity index is 567. The van der Waals surface area contributed by atoms with Gasteiger partial charge in [0, 0.05) is 29.6 Å². The maximum Gasteiger partial charge on any atom is 0.140 e. The summed E-state index contributed by atoms with van der Waals surface area (Å²) in [5, 5.41) is 17.5. The summed E-state index contributed by atoms with van der Waals surface area (Å²) in [5.41, 5.74) is 2.97. The molecule has 4 nitrogen and oxygen atoms in total. The smallest absolute Gasteiger partial charge is 0.140 e. The fraction of sp³-hybridized carbons (Fsp3) is 0.400. The molecule has 1 aliphatic carbocycles. The number of rotatable bonds is 4. The maximum atomic E-state index is 9.25. The third kappa shape index (κ3) is 2.87. The van der Waals surface area contributed by atoms with Gasteiger partial charge in [-0.3, -0.25) is 0 Å². The van der Waals surface area contributed by atoms with E-state index in [-0.39, 0.29) is 6.61 Å². The monoisotopic (exact) mass is 292 g/mol. The predicted octanol–water partition coefficient (Wildman–Crippen LogP) is 2.47. The second-order valence-corrected chi connectivity index (χ2v) is 5.57. The number of benzene rings is 1. The van der Waals surface area contributed by atoms with Gasteiger partial charge in [-0.2, -0.15) is 0 Å². The molecule has 2 N–H and O–H groups in total. The molecule has 0 radical (unpaired) electrons. The minimum Gasteiger partial charge on any atom is -0.390 e. The van der Waals surface area contributed by atoms with Crippen LogP contribution in [0.15, 0.2) is 28.8 Å². The number of fused-ring (bicyclic) bond motifs is 1. The predicted molar refractivity (Wildman–Crippen MR) is 76.5 cm³/mol. The Labute approximate surface area is 122 Å². The van der Waals surface area contributed by atoms with Crippen molar-refractivity contribution in [3.05, 3.63) is 51.9 Å². The molecule has 2 aromatic rings. The van der Waals surface area contributed by atoms with E-state index in [2.05, 4.69) is 10.5 Å². The fourth-order valence-corrected chi connectivity index (χ4v) is 2.75. The van der Waals surface area contributed by atoms with Gasteiger partial charge in [-0.1, -0.05) is 28.9 Å². The van der Waals surface area contributed by atoms with Crippen molar-refractivity contribution in [1.82, 2.24) is 10.5 Å². The molecule has 1 aromatic carbocycles. The topological polar surface area (TPSA) is 58.3 Å². The van der Waals surface area contributed by atoms with Crippen LogP contribution in [0.2, 0.25) is 5.02 Å². The summed E-state index contributed by atoms with van der Waals surface area (Å²) in [4.78, 5) is 0. The number of nitrogens with one attached hydrogen (secondary N) is 1. The molecule has 0 fully saturated rings. The van der Waals surface area contributed by atoms with Gasteiger partial charge in [0.05, 0.1) is 6.61 Å². The SMILES string of the molecule is OCc1noc2c1CC(NCc1ccc(Cl)cc1)CC2. The molecule has 0 aliphatic heterocycles. The number of nitrogens with zero attached hydrogens (tertiary/aromatic N) is 1. The lowest BCUT2D eigenvalue weighted by atomic mass is 9.92. The summed E-state index contributed by atoms with van der Waals surface area (Å²) in [6.45, 7) is 0.764. The summed E-state index contributed by atoms with van der Waals surface area (Å²) in [6.07, 6.45) is 2.77. The van der Waals surface area contributed by atoms with Crippen molar-refractivity contribution in [2.24, 2.45) is 0 Å². The highest BCUT2D eigenvalue weighted by atomic mass is 35.5. The van der Waals surface area contributed by atoms with Gasteiger partial charge in [0.15, 0.2) is 0 Å². The van der Waals surface area contributed by atoms with Crippen LogP contribution in [-0.4, -0.2) is 16.3 Å². The number of aryl methyl sites for hydroxylation is 1. The minimum absolute atomic E-state index is 0.0528. The largest absolute Gasteiger partial charge is 0.390 e. The Hall–Kier alpha value is -1.36. The van der Waals surface area contributed by atoms with E-state index in [1.165, 1.54) is 5.56 Å². The number of halogens is 1. The Morgan fingerprint density at radius 1 is 1.35 bits per heavy atom. The Balaban J connectivity index is 1.61. The second-order valence-electron chi connectivity index (χ2n) is 5.14. The van der Waals surface area contributed by atoms with Gasteiger partial charge in [0.1, 0.15) is 11.5 Å². The maximum absolute atomic E-state index is 9.25. The van der Waals surface area contributed by atoms with Crippen LogP contribution in [0.3, 0.4) is 0 Å². The standard InChI is InChI=1S/C15H17ClN2O2/c16-11-3-1-10(2-4-11)8-17-12-5-6-15-13(7-12)14(9-19)18-20-15/h1-4,12,17,19H,5-9H2. The van der Waals surface area contributed by atoms with E-state index in [4.69, 9.17) is 16.1 Å². The van der Waals surface area contributed by atoms with Gasteiger partial charge in [0.2, 0.25) is 0 Å². The first-order chi connectivity index (χ1) is 9.76. The second kappa shape index (κ2) is 5.95. The number of aromatic nitrogens is 1. The first kappa shape index (κ1) is 13.6. The third-order valence-corrected chi connectivity index (χ3v) is 4.03. The lowest BCUT2D eigenvalue weighted by Crippen LogP contribution is -2.34. The molecule has 0 amide bonds. The van der Waals surface area contributed by atoms with Crippen molar-refractivity contribution >= 4 is 11.6 Å². The number of hydrogen-bond acceptors (Lipinski definition) is 4. The summed E-state index contributed by atoms with van der Waals surface area (Å²) in [7, 11) is 0. The van der Waals surface area contributed by atoms with Crippen molar-refractivity contribution in [3.8, 4) is 0 Å². The van der Waals surface area contributed by atoms with Crippen molar-refractivity contribution < 1.29 is 9.63 Å². The zero-order valence-corrected chi connectivity index (χ0v) is 11.9. The third-order valence-electron chi connectivity index (χ3n) is 3.78. The van der Waals surface area contributed by atoms with Gasteiger partial charge >= 0.3 is 0 Å². The van der Waals surface area contributed by atoms with Gasteiger partial charge < -0.3 is 14.9 Å². The van der Waals surface area contributed by atoms with E-state index in [9.17, 15) is 5.11 Å². The van der Waals surface area contributed by atoms with Gasteiger partial charge in [0.25, 0.3) is 0 Å². The highest BCUT2D eigenvalue weighted by Crippen LogP contribution is 2.24. The van der Waals surface area contributed by atoms with E-state index in [0.29, 0.717) is 11.7 Å². The molecular weight excluding hydrogens is 276 g/mol. The quantitative estimate of drug-likeness (QED) is 0.909. The zero-order chi connectivity index (χ0) is 13.9. The molecule has 1 heterocycles. The van der Waals surface area contributed by atoms with Crippen LogP contribution in [0.5, 0.6) is 0 Å². The number of aliphatic hydroxyl groups is 1. The van der Waals surface area contributed by atoms with Crippen molar-refractivity contribution in [1.29, 1.82) is 0 Å². The summed E-state index contributed by atoms with van der Waals surface area (Å²) < 4.78 is 5.25. The average Bonchev–Trinajstić information content (AvgIpc) is 2.89. The molecule has 20 heavy (non-hydrogen) atoms. The molecule has 1 aromatic heterocycles. The van der Waals surface area contributed by atoms with Crippen molar-refractivity contribution in [2.75, 3.05) is 0 Å². The van der Waals surface area contributed by atoms with Crippen LogP contribution >= 0.6 is 11.6 Å². The normalized spacial score (nSPS) is 18.0. The number of hydrogen-bond donors (Lipinski definition) is 2. The molecule has 0 bridgehead atoms. The highest BCUT2D eigenvalue weighted by Gasteiger charge is 2.24. The van der Waals surface area contributed by atoms with E-state index >= 15 is 0 Å². The first-order valence-corrected chi connectivity index (χ1v) is 7.19. The van der Waals surface area contributed by atoms with Gasteiger partial charge in [-0.15, -0.1) is 0 Å². The molecule has 3 rings (SSSR count). The minimum atomic E-state index is -0.0528. The van der Waals surface area contributed by atoms with Crippen LogP contribution < -0.4 is 5.32 Å². The molecule has 0 saturated heterocycles. The Kier molecular flexibility index (Phi) is 4.05. The number of aliphatic hydroxyl groups excluding tert-OH is 1. The van der Waals surface area contributed by atoms with Crippen LogP contribution in [0.1, 0.15) is 29.0 Å². The van der Waals surface area contributed by atoms with Crippen LogP contribution in [0.25, 0.3) is 0 Å². The van der Waals surface area contributed by atoms with Crippen molar-refractivity contribution in [3.63, 3.8) is 0 Å². The van der Waals surface area contributed by atoms with Crippen LogP contribution in [-0.2, 0) is 26.0 Å². The van der Waals surface area contributed by atoms with E-state index < -0.39 is 0 Å². The Morgan fingerprint density at radius 2 is 2.15 bits per heavy atom. The average molecular weight is 293 g/mol. The molecule has 1 atom stereocenters. The Morgan fingerprint density at radius 3 is 2.90 bits per heavy atom. The molecule has 0 spiro atoms. The molecule has 0 saturated carbocycles. The lowest BCUT2D eigenvalue weighted by molar-refractivity contribution is 0.265. The summed E-state index contributed by atoms with van der Waals surface area (Å²) >= 11 is 5.88. The lowest BCUT2D eigenvalue weighted by Gasteiger charge is -2.22. The van der Waals surface area contributed by atoms with Crippen LogP contribution in [0.4, 0.5) is 0 Å². The zero-order valence-electron chi connectivity index (χ0n) is 11.1. The highest BCUT2D eigenvalue weighted by molar-refractivity contribution is 6.30. The summed E-state index contributed by atoms with van der Waals surface area (Å²) in [6, 6.07) is 8.26. The molecule has 1 aliphatic rings. The van der Waals surface area contributed by atoms with E-state index in [1.54, 1.807) is 0 Å². The fourth-order valence-electron chi connectivity index (χ4n) is 2.63.